The van der Waals surface area contributed by atoms with Gasteiger partial charge in [0.15, 0.2) is 0 Å². The average molecular weight is 171 g/mol. The van der Waals surface area contributed by atoms with Crippen LogP contribution in [0.15, 0.2) is 5.11 Å². The van der Waals surface area contributed by atoms with E-state index < -0.39 is 0 Å². The van der Waals surface area contributed by atoms with E-state index in [0.29, 0.717) is 13.1 Å². The number of rotatable bonds is 6. The third kappa shape index (κ3) is 6.85. The number of likely N-dealkylation sites (N-methyl/N-ethyl adjacent to an activating group) is 1. The first-order valence-electron chi connectivity index (χ1n) is 3.64. The van der Waals surface area contributed by atoms with Gasteiger partial charge in [-0.3, -0.25) is 9.69 Å². The highest BCUT2D eigenvalue weighted by molar-refractivity contribution is 5.75. The van der Waals surface area contributed by atoms with Crippen molar-refractivity contribution in [2.24, 2.45) is 10.8 Å². The third-order valence-corrected chi connectivity index (χ3v) is 1.29. The Morgan fingerprint density at radius 2 is 2.42 bits per heavy atom. The first kappa shape index (κ1) is 10.7. The van der Waals surface area contributed by atoms with Crippen LogP contribution in [0.3, 0.4) is 0 Å². The first-order chi connectivity index (χ1) is 5.66. The molecule has 6 nitrogen and oxygen atoms in total. The molecule has 68 valence electrons. The van der Waals surface area contributed by atoms with Gasteiger partial charge in [0.2, 0.25) is 5.91 Å². The van der Waals surface area contributed by atoms with Crippen LogP contribution in [0, 0.1) is 0 Å². The van der Waals surface area contributed by atoms with Crippen LogP contribution >= 0.6 is 0 Å². The van der Waals surface area contributed by atoms with Gasteiger partial charge in [-0.2, -0.15) is 0 Å². The van der Waals surface area contributed by atoms with E-state index in [0.717, 1.165) is 6.42 Å². The minimum Gasteiger partial charge on any atom is -0.369 e. The second-order valence-corrected chi connectivity index (χ2v) is 2.51. The molecule has 0 radical (unpaired) electrons. The van der Waals surface area contributed by atoms with Crippen molar-refractivity contribution >= 4 is 5.91 Å². The SMILES string of the molecule is CN(CCCN=[N+]=[N-])CC(N)=O. The molecule has 0 bridgehead atoms. The molecular weight excluding hydrogens is 158 g/mol. The highest BCUT2D eigenvalue weighted by atomic mass is 16.1. The van der Waals surface area contributed by atoms with Crippen molar-refractivity contribution in [1.82, 2.24) is 4.90 Å². The lowest BCUT2D eigenvalue weighted by molar-refractivity contribution is -0.118. The fourth-order valence-corrected chi connectivity index (χ4v) is 0.801. The number of hydrogen-bond acceptors (Lipinski definition) is 3. The summed E-state index contributed by atoms with van der Waals surface area (Å²) in [5.41, 5.74) is 12.9. The molecule has 0 aromatic rings. The van der Waals surface area contributed by atoms with Gasteiger partial charge in [0, 0.05) is 11.5 Å². The van der Waals surface area contributed by atoms with Crippen LogP contribution < -0.4 is 5.73 Å². The van der Waals surface area contributed by atoms with Crippen LogP contribution in [0.1, 0.15) is 6.42 Å². The summed E-state index contributed by atoms with van der Waals surface area (Å²) < 4.78 is 0. The fraction of sp³-hybridized carbons (Fsp3) is 0.833. The summed E-state index contributed by atoms with van der Waals surface area (Å²) in [5, 5.41) is 3.36. The van der Waals surface area contributed by atoms with Crippen LogP contribution in [0.4, 0.5) is 0 Å². The number of carbonyl (C=O) groups is 1. The topological polar surface area (TPSA) is 95.1 Å². The third-order valence-electron chi connectivity index (χ3n) is 1.29. The summed E-state index contributed by atoms with van der Waals surface area (Å²) in [6, 6.07) is 0. The molecule has 0 aromatic carbocycles. The van der Waals surface area contributed by atoms with Crippen molar-refractivity contribution in [3.8, 4) is 0 Å². The lowest BCUT2D eigenvalue weighted by atomic mass is 10.4. The van der Waals surface area contributed by atoms with Crippen LogP contribution in [0.5, 0.6) is 0 Å². The monoisotopic (exact) mass is 171 g/mol. The number of azide groups is 1. The Bertz CT molecular complexity index is 186. The van der Waals surface area contributed by atoms with Crippen molar-refractivity contribution in [1.29, 1.82) is 0 Å². The van der Waals surface area contributed by atoms with Crippen LogP contribution in [-0.2, 0) is 4.79 Å². The number of carbonyl (C=O) groups excluding carboxylic acids is 1. The summed E-state index contributed by atoms with van der Waals surface area (Å²) in [4.78, 5) is 14.8. The number of amides is 1. The van der Waals surface area contributed by atoms with Crippen molar-refractivity contribution in [3.05, 3.63) is 10.4 Å². The molecule has 1 amide bonds. The zero-order valence-corrected chi connectivity index (χ0v) is 7.10. The van der Waals surface area contributed by atoms with Crippen LogP contribution in [0.25, 0.3) is 10.4 Å². The zero-order valence-electron chi connectivity index (χ0n) is 7.10. The van der Waals surface area contributed by atoms with E-state index in [1.54, 1.807) is 11.9 Å². The number of nitrogens with zero attached hydrogens (tertiary/aromatic N) is 4. The molecule has 0 aliphatic rings. The molecule has 0 unspecified atom stereocenters. The number of nitrogens with two attached hydrogens (primary N) is 1. The Hall–Kier alpha value is -1.26. The second-order valence-electron chi connectivity index (χ2n) is 2.51. The minimum atomic E-state index is -0.346. The maximum absolute atomic E-state index is 10.4. The molecule has 0 fully saturated rings. The summed E-state index contributed by atoms with van der Waals surface area (Å²) >= 11 is 0. The van der Waals surface area contributed by atoms with Crippen molar-refractivity contribution < 1.29 is 4.79 Å². The van der Waals surface area contributed by atoms with Crippen molar-refractivity contribution in [2.45, 2.75) is 6.42 Å². The van der Waals surface area contributed by atoms with Gasteiger partial charge in [-0.05, 0) is 25.5 Å². The minimum absolute atomic E-state index is 0.246. The van der Waals surface area contributed by atoms with Crippen molar-refractivity contribution in [2.75, 3.05) is 26.7 Å². The average Bonchev–Trinajstić information content (AvgIpc) is 1.97. The van der Waals surface area contributed by atoms with Gasteiger partial charge < -0.3 is 5.73 Å². The van der Waals surface area contributed by atoms with Gasteiger partial charge >= 0.3 is 0 Å². The van der Waals surface area contributed by atoms with E-state index in [9.17, 15) is 4.79 Å². The summed E-state index contributed by atoms with van der Waals surface area (Å²) in [6.45, 7) is 1.41. The predicted molar refractivity (Wildman–Crippen MR) is 45.3 cm³/mol. The van der Waals surface area contributed by atoms with E-state index in [-0.39, 0.29) is 12.5 Å². The van der Waals surface area contributed by atoms with Gasteiger partial charge in [-0.15, -0.1) is 0 Å². The lowest BCUT2D eigenvalue weighted by Gasteiger charge is -2.12. The van der Waals surface area contributed by atoms with E-state index in [1.165, 1.54) is 0 Å². The summed E-state index contributed by atoms with van der Waals surface area (Å²) in [5.74, 6) is -0.346. The van der Waals surface area contributed by atoms with Gasteiger partial charge in [-0.1, -0.05) is 5.11 Å². The molecule has 0 heterocycles. The van der Waals surface area contributed by atoms with Crippen LogP contribution in [-0.4, -0.2) is 37.5 Å². The molecular formula is C6H13N5O. The van der Waals surface area contributed by atoms with E-state index in [2.05, 4.69) is 10.0 Å². The highest BCUT2D eigenvalue weighted by Gasteiger charge is 2.00. The lowest BCUT2D eigenvalue weighted by Crippen LogP contribution is -2.31. The Balaban J connectivity index is 3.36. The maximum Gasteiger partial charge on any atom is 0.231 e. The molecule has 0 aliphatic heterocycles. The number of hydrogen-bond donors (Lipinski definition) is 1. The highest BCUT2D eigenvalue weighted by Crippen LogP contribution is 1.87. The molecule has 0 saturated heterocycles. The second kappa shape index (κ2) is 6.45. The summed E-state index contributed by atoms with van der Waals surface area (Å²) in [6.07, 6.45) is 0.744. The van der Waals surface area contributed by atoms with Gasteiger partial charge in [0.25, 0.3) is 0 Å². The molecule has 12 heavy (non-hydrogen) atoms. The normalized spacial score (nSPS) is 9.50. The maximum atomic E-state index is 10.4. The molecule has 0 aliphatic carbocycles. The summed E-state index contributed by atoms with van der Waals surface area (Å²) in [7, 11) is 1.79. The predicted octanol–water partition coefficient (Wildman–Crippen LogP) is 0.104. The molecule has 6 heteroatoms. The fourth-order valence-electron chi connectivity index (χ4n) is 0.801. The smallest absolute Gasteiger partial charge is 0.231 e. The quantitative estimate of drug-likeness (QED) is 0.265. The van der Waals surface area contributed by atoms with Gasteiger partial charge in [0.1, 0.15) is 0 Å². The Morgan fingerprint density at radius 3 is 2.92 bits per heavy atom. The zero-order chi connectivity index (χ0) is 9.40. The van der Waals surface area contributed by atoms with E-state index >= 15 is 0 Å². The molecule has 0 atom stereocenters. The molecule has 0 spiro atoms. The Labute approximate surface area is 71.0 Å². The number of primary amides is 1. The molecule has 0 aromatic heterocycles. The van der Waals surface area contributed by atoms with E-state index in [4.69, 9.17) is 11.3 Å². The molecule has 2 N–H and O–H groups in total. The standard InChI is InChI=1S/C6H13N5O/c1-11(5-6(7)12)4-2-3-9-10-8/h2-5H2,1H3,(H2,7,12). The largest absolute Gasteiger partial charge is 0.369 e. The van der Waals surface area contributed by atoms with Crippen molar-refractivity contribution in [3.63, 3.8) is 0 Å². The van der Waals surface area contributed by atoms with E-state index in [1.807, 2.05) is 0 Å². The molecule has 0 rings (SSSR count). The molecule has 0 saturated carbocycles. The Kier molecular flexibility index (Phi) is 5.77. The Morgan fingerprint density at radius 1 is 1.75 bits per heavy atom. The van der Waals surface area contributed by atoms with Crippen LogP contribution in [0.2, 0.25) is 0 Å². The van der Waals surface area contributed by atoms with Gasteiger partial charge in [0.05, 0.1) is 6.54 Å². The first-order valence-corrected chi connectivity index (χ1v) is 3.64. The van der Waals surface area contributed by atoms with Gasteiger partial charge in [-0.25, -0.2) is 0 Å².